The standard InChI is InChI=1S/C15H11BrClNO3/c1-18(11-5-2-9(3-6-11)15(20)21)14(19)10-4-7-12(16)13(17)8-10/h2-8H,1H3,(H,20,21). The summed E-state index contributed by atoms with van der Waals surface area (Å²) in [6.07, 6.45) is 0. The molecule has 0 aliphatic heterocycles. The van der Waals surface area contributed by atoms with Gasteiger partial charge >= 0.3 is 5.97 Å². The Morgan fingerprint density at radius 2 is 1.67 bits per heavy atom. The summed E-state index contributed by atoms with van der Waals surface area (Å²) in [4.78, 5) is 24.6. The maximum Gasteiger partial charge on any atom is 0.335 e. The Balaban J connectivity index is 2.25. The largest absolute Gasteiger partial charge is 0.478 e. The number of nitrogens with zero attached hydrogens (tertiary/aromatic N) is 1. The van der Waals surface area contributed by atoms with E-state index < -0.39 is 5.97 Å². The van der Waals surface area contributed by atoms with Crippen molar-refractivity contribution in [3.8, 4) is 0 Å². The number of amides is 1. The lowest BCUT2D eigenvalue weighted by Gasteiger charge is -2.17. The number of carbonyl (C=O) groups excluding carboxylic acids is 1. The fourth-order valence-corrected chi connectivity index (χ4v) is 2.19. The van der Waals surface area contributed by atoms with Gasteiger partial charge < -0.3 is 10.0 Å². The zero-order chi connectivity index (χ0) is 15.6. The van der Waals surface area contributed by atoms with Crippen molar-refractivity contribution in [3.63, 3.8) is 0 Å². The average Bonchev–Trinajstić information content (AvgIpc) is 2.48. The first-order chi connectivity index (χ1) is 9.90. The van der Waals surface area contributed by atoms with Gasteiger partial charge in [-0.3, -0.25) is 4.79 Å². The molecule has 2 aromatic rings. The summed E-state index contributed by atoms with van der Waals surface area (Å²) in [5.74, 6) is -1.23. The third kappa shape index (κ3) is 3.43. The molecule has 0 heterocycles. The highest BCUT2D eigenvalue weighted by Gasteiger charge is 2.15. The highest BCUT2D eigenvalue weighted by atomic mass is 79.9. The lowest BCUT2D eigenvalue weighted by atomic mass is 10.1. The second kappa shape index (κ2) is 6.28. The molecule has 21 heavy (non-hydrogen) atoms. The van der Waals surface area contributed by atoms with Crippen LogP contribution in [0.2, 0.25) is 5.02 Å². The van der Waals surface area contributed by atoms with Gasteiger partial charge in [-0.25, -0.2) is 4.79 Å². The van der Waals surface area contributed by atoms with Gasteiger partial charge in [0.1, 0.15) is 0 Å². The number of aromatic carboxylic acids is 1. The first-order valence-corrected chi connectivity index (χ1v) is 7.13. The van der Waals surface area contributed by atoms with Gasteiger partial charge in [0.25, 0.3) is 5.91 Å². The van der Waals surface area contributed by atoms with Crippen molar-refractivity contribution in [2.24, 2.45) is 0 Å². The predicted molar refractivity (Wildman–Crippen MR) is 85.3 cm³/mol. The molecule has 0 saturated carbocycles. The monoisotopic (exact) mass is 367 g/mol. The Bertz CT molecular complexity index is 701. The summed E-state index contributed by atoms with van der Waals surface area (Å²) in [6, 6.07) is 11.0. The van der Waals surface area contributed by atoms with Crippen LogP contribution < -0.4 is 4.90 Å². The van der Waals surface area contributed by atoms with Gasteiger partial charge in [0, 0.05) is 22.8 Å². The zero-order valence-corrected chi connectivity index (χ0v) is 13.4. The van der Waals surface area contributed by atoms with Gasteiger partial charge in [-0.1, -0.05) is 11.6 Å². The molecule has 0 atom stereocenters. The Hall–Kier alpha value is -1.85. The molecule has 0 bridgehead atoms. The first kappa shape index (κ1) is 15.5. The van der Waals surface area contributed by atoms with E-state index in [0.29, 0.717) is 20.7 Å². The molecule has 0 aromatic heterocycles. The van der Waals surface area contributed by atoms with Crippen molar-refractivity contribution in [2.45, 2.75) is 0 Å². The molecule has 1 N–H and O–H groups in total. The molecule has 2 rings (SSSR count). The van der Waals surface area contributed by atoms with E-state index in [-0.39, 0.29) is 11.5 Å². The topological polar surface area (TPSA) is 57.6 Å². The number of hydrogen-bond donors (Lipinski definition) is 1. The maximum absolute atomic E-state index is 12.4. The molecule has 0 unspecified atom stereocenters. The van der Waals surface area contributed by atoms with E-state index in [9.17, 15) is 9.59 Å². The quantitative estimate of drug-likeness (QED) is 0.888. The predicted octanol–water partition coefficient (Wildman–Crippen LogP) is 4.08. The van der Waals surface area contributed by atoms with E-state index in [2.05, 4.69) is 15.9 Å². The van der Waals surface area contributed by atoms with Crippen LogP contribution in [0.3, 0.4) is 0 Å². The van der Waals surface area contributed by atoms with E-state index in [0.717, 1.165) is 0 Å². The van der Waals surface area contributed by atoms with Gasteiger partial charge in [0.2, 0.25) is 0 Å². The highest BCUT2D eigenvalue weighted by Crippen LogP contribution is 2.24. The minimum atomic E-state index is -1.00. The molecule has 0 spiro atoms. The minimum absolute atomic E-state index is 0.172. The number of anilines is 1. The number of rotatable bonds is 3. The molecule has 0 fully saturated rings. The van der Waals surface area contributed by atoms with Crippen molar-refractivity contribution in [2.75, 3.05) is 11.9 Å². The molecular formula is C15H11BrClNO3. The van der Waals surface area contributed by atoms with Crippen molar-refractivity contribution < 1.29 is 14.7 Å². The number of halogens is 2. The number of carbonyl (C=O) groups is 2. The molecule has 2 aromatic carbocycles. The zero-order valence-electron chi connectivity index (χ0n) is 11.0. The van der Waals surface area contributed by atoms with Crippen molar-refractivity contribution in [3.05, 3.63) is 63.1 Å². The van der Waals surface area contributed by atoms with Gasteiger partial charge in [0.05, 0.1) is 10.6 Å². The number of carboxylic acids is 1. The van der Waals surface area contributed by atoms with Gasteiger partial charge in [0.15, 0.2) is 0 Å². The number of carboxylic acid groups (broad SMARTS) is 1. The van der Waals surface area contributed by atoms with Crippen LogP contribution in [-0.2, 0) is 0 Å². The third-order valence-corrected chi connectivity index (χ3v) is 4.21. The van der Waals surface area contributed by atoms with Crippen molar-refractivity contribution in [1.82, 2.24) is 0 Å². The minimum Gasteiger partial charge on any atom is -0.478 e. The number of benzene rings is 2. The summed E-state index contributed by atoms with van der Waals surface area (Å²) >= 11 is 9.25. The molecule has 0 saturated heterocycles. The Labute approximate surface area is 135 Å². The molecular weight excluding hydrogens is 358 g/mol. The molecule has 108 valence electrons. The SMILES string of the molecule is CN(C(=O)c1ccc(Br)c(Cl)c1)c1ccc(C(=O)O)cc1. The summed E-state index contributed by atoms with van der Waals surface area (Å²) < 4.78 is 0.717. The van der Waals surface area contributed by atoms with Crippen LogP contribution in [0.25, 0.3) is 0 Å². The lowest BCUT2D eigenvalue weighted by Crippen LogP contribution is -2.26. The Kier molecular flexibility index (Phi) is 4.65. The van der Waals surface area contributed by atoms with Gasteiger partial charge in [-0.15, -0.1) is 0 Å². The van der Waals surface area contributed by atoms with Crippen LogP contribution in [0, 0.1) is 0 Å². The normalized spacial score (nSPS) is 10.2. The summed E-state index contributed by atoms with van der Waals surface area (Å²) in [5.41, 5.74) is 1.23. The van der Waals surface area contributed by atoms with Gasteiger partial charge in [-0.2, -0.15) is 0 Å². The maximum atomic E-state index is 12.4. The molecule has 0 aliphatic rings. The summed E-state index contributed by atoms with van der Waals surface area (Å²) in [7, 11) is 1.62. The van der Waals surface area contributed by atoms with Gasteiger partial charge in [-0.05, 0) is 58.4 Å². The molecule has 0 radical (unpaired) electrons. The Morgan fingerprint density at radius 1 is 1.10 bits per heavy atom. The van der Waals surface area contributed by atoms with Crippen molar-refractivity contribution in [1.29, 1.82) is 0 Å². The molecule has 1 amide bonds. The van der Waals surface area contributed by atoms with E-state index in [4.69, 9.17) is 16.7 Å². The van der Waals surface area contributed by atoms with Crippen LogP contribution in [0.1, 0.15) is 20.7 Å². The van der Waals surface area contributed by atoms with E-state index in [1.54, 1.807) is 37.4 Å². The van der Waals surface area contributed by atoms with E-state index in [1.165, 1.54) is 17.0 Å². The highest BCUT2D eigenvalue weighted by molar-refractivity contribution is 9.10. The summed E-state index contributed by atoms with van der Waals surface area (Å²) in [6.45, 7) is 0. The first-order valence-electron chi connectivity index (χ1n) is 5.96. The second-order valence-electron chi connectivity index (χ2n) is 4.35. The lowest BCUT2D eigenvalue weighted by molar-refractivity contribution is 0.0696. The third-order valence-electron chi connectivity index (χ3n) is 2.97. The average molecular weight is 369 g/mol. The number of hydrogen-bond acceptors (Lipinski definition) is 2. The van der Waals surface area contributed by atoms with Crippen LogP contribution in [0.5, 0.6) is 0 Å². The smallest absolute Gasteiger partial charge is 0.335 e. The van der Waals surface area contributed by atoms with Crippen LogP contribution in [0.15, 0.2) is 46.9 Å². The van der Waals surface area contributed by atoms with E-state index in [1.807, 2.05) is 0 Å². The molecule has 0 aliphatic carbocycles. The second-order valence-corrected chi connectivity index (χ2v) is 5.61. The fraction of sp³-hybridized carbons (Fsp3) is 0.0667. The fourth-order valence-electron chi connectivity index (χ4n) is 1.77. The molecule has 4 nitrogen and oxygen atoms in total. The van der Waals surface area contributed by atoms with Crippen molar-refractivity contribution >= 4 is 45.1 Å². The van der Waals surface area contributed by atoms with E-state index >= 15 is 0 Å². The van der Waals surface area contributed by atoms with Crippen LogP contribution >= 0.6 is 27.5 Å². The Morgan fingerprint density at radius 3 is 2.19 bits per heavy atom. The summed E-state index contributed by atoms with van der Waals surface area (Å²) in [5, 5.41) is 9.31. The van der Waals surface area contributed by atoms with Crippen LogP contribution in [-0.4, -0.2) is 24.0 Å². The van der Waals surface area contributed by atoms with Crippen LogP contribution in [0.4, 0.5) is 5.69 Å². The molecule has 6 heteroatoms.